The molecule has 0 aromatic heterocycles. The maximum Gasteiger partial charge on any atom is 0.190 e. The first-order chi connectivity index (χ1) is 17.2. The van der Waals surface area contributed by atoms with Gasteiger partial charge in [-0.25, -0.2) is 4.39 Å². The van der Waals surface area contributed by atoms with Gasteiger partial charge in [0.1, 0.15) is 12.2 Å². The van der Waals surface area contributed by atoms with Crippen LogP contribution < -0.4 is 0 Å². The molecule has 1 N–H and O–H groups in total. The number of hydrogen-bond donors (Lipinski definition) is 1. The molecule has 0 radical (unpaired) electrons. The molecule has 208 valence electrons. The van der Waals surface area contributed by atoms with Crippen molar-refractivity contribution in [3.8, 4) is 0 Å². The van der Waals surface area contributed by atoms with E-state index in [1.54, 1.807) is 12.2 Å². The van der Waals surface area contributed by atoms with E-state index in [1.807, 2.05) is 13.8 Å². The number of hydrogen-bond acceptors (Lipinski definition) is 5. The lowest BCUT2D eigenvalue weighted by atomic mass is 9.44. The number of carbonyl (C=O) groups excluding carboxylic acids is 2. The summed E-state index contributed by atoms with van der Waals surface area (Å²) in [6.45, 7) is 14.3. The van der Waals surface area contributed by atoms with Gasteiger partial charge in [-0.3, -0.25) is 9.59 Å². The second kappa shape index (κ2) is 9.79. The van der Waals surface area contributed by atoms with Crippen LogP contribution in [0.4, 0.5) is 4.39 Å². The van der Waals surface area contributed by atoms with Crippen molar-refractivity contribution in [2.75, 3.05) is 13.2 Å². The normalized spacial score (nSPS) is 43.2. The molecule has 0 saturated heterocycles. The second-order valence-corrected chi connectivity index (χ2v) is 17.9. The quantitative estimate of drug-likeness (QED) is 0.291. The maximum absolute atomic E-state index is 18.2. The Morgan fingerprint density at radius 2 is 1.92 bits per heavy atom. The Kier molecular flexibility index (Phi) is 7.63. The Hall–Kier alpha value is -1.15. The summed E-state index contributed by atoms with van der Waals surface area (Å²) in [6, 6.07) is 0. The maximum atomic E-state index is 18.2. The molecule has 3 fully saturated rings. The third-order valence-corrected chi connectivity index (χ3v) is 11.3. The molecule has 7 heteroatoms. The number of ketones is 2. The van der Waals surface area contributed by atoms with Gasteiger partial charge in [-0.05, 0) is 82.7 Å². The monoisotopic (exact) mass is 534 g/mol. The third-order valence-electron chi connectivity index (χ3n) is 10.3. The first-order valence-corrected chi connectivity index (χ1v) is 17.7. The third kappa shape index (κ3) is 4.18. The Labute approximate surface area is 223 Å². The molecule has 4 aliphatic carbocycles. The zero-order valence-corrected chi connectivity index (χ0v) is 24.9. The standard InChI is InChI=1S/C30H47FO5Si/c1-8-9-10-15-35-30(25(34)19-32)20(2)16-24-23-12-11-21-17-22(33)13-14-27(21,3)29(23,31)26(18-28(24,30)4)36-37(5,6)7/h13-14,17,20,23-24,26,32H,8-12,15-16,18-19H2,1-7H3/t20?,23-,24-,26?,27-,28-,29-,30-/m0/s1. The first kappa shape index (κ1) is 28.8. The molecule has 4 rings (SSSR count). The number of allylic oxidation sites excluding steroid dienone is 4. The zero-order chi connectivity index (χ0) is 27.4. The van der Waals surface area contributed by atoms with Crippen molar-refractivity contribution in [2.45, 2.75) is 110 Å². The van der Waals surface area contributed by atoms with Gasteiger partial charge in [0.05, 0.1) is 6.10 Å². The lowest BCUT2D eigenvalue weighted by Crippen LogP contribution is -2.71. The summed E-state index contributed by atoms with van der Waals surface area (Å²) in [7, 11) is -2.21. The fraction of sp³-hybridized carbons (Fsp3) is 0.800. The van der Waals surface area contributed by atoms with Crippen LogP contribution in [-0.4, -0.2) is 55.6 Å². The van der Waals surface area contributed by atoms with Crippen molar-refractivity contribution in [3.63, 3.8) is 0 Å². The largest absolute Gasteiger partial charge is 0.411 e. The van der Waals surface area contributed by atoms with Crippen LogP contribution in [0.2, 0.25) is 19.6 Å². The van der Waals surface area contributed by atoms with Gasteiger partial charge < -0.3 is 14.3 Å². The molecule has 0 spiro atoms. The first-order valence-electron chi connectivity index (χ1n) is 14.3. The highest BCUT2D eigenvalue weighted by Crippen LogP contribution is 2.72. The summed E-state index contributed by atoms with van der Waals surface area (Å²) in [4.78, 5) is 25.9. The van der Waals surface area contributed by atoms with E-state index in [2.05, 4.69) is 33.5 Å². The smallest absolute Gasteiger partial charge is 0.190 e. The van der Waals surface area contributed by atoms with Crippen LogP contribution in [0, 0.1) is 28.6 Å². The van der Waals surface area contributed by atoms with Gasteiger partial charge in [0.15, 0.2) is 25.6 Å². The molecule has 0 aromatic carbocycles. The molecule has 37 heavy (non-hydrogen) atoms. The van der Waals surface area contributed by atoms with E-state index in [9.17, 15) is 14.7 Å². The van der Waals surface area contributed by atoms with Gasteiger partial charge in [-0.1, -0.05) is 45.3 Å². The molecule has 5 nitrogen and oxygen atoms in total. The molecule has 0 amide bonds. The van der Waals surface area contributed by atoms with Crippen LogP contribution in [-0.2, 0) is 18.8 Å². The van der Waals surface area contributed by atoms with E-state index in [4.69, 9.17) is 9.16 Å². The minimum atomic E-state index is -2.21. The number of rotatable bonds is 9. The minimum absolute atomic E-state index is 0.0830. The highest BCUT2D eigenvalue weighted by Gasteiger charge is 2.76. The van der Waals surface area contributed by atoms with Crippen molar-refractivity contribution in [2.24, 2.45) is 28.6 Å². The zero-order valence-electron chi connectivity index (χ0n) is 23.9. The molecule has 0 aliphatic heterocycles. The van der Waals surface area contributed by atoms with Crippen molar-refractivity contribution in [1.29, 1.82) is 0 Å². The second-order valence-electron chi connectivity index (χ2n) is 13.5. The number of aliphatic hydroxyl groups is 1. The molecule has 8 atom stereocenters. The van der Waals surface area contributed by atoms with Crippen LogP contribution in [0.3, 0.4) is 0 Å². The number of ether oxygens (including phenoxy) is 1. The predicted octanol–water partition coefficient (Wildman–Crippen LogP) is 5.97. The summed E-state index contributed by atoms with van der Waals surface area (Å²) in [6.07, 6.45) is 9.37. The van der Waals surface area contributed by atoms with Crippen molar-refractivity contribution >= 4 is 19.9 Å². The highest BCUT2D eigenvalue weighted by atomic mass is 28.4. The highest BCUT2D eigenvalue weighted by molar-refractivity contribution is 6.69. The average Bonchev–Trinajstić information content (AvgIpc) is 3.03. The number of alkyl halides is 1. The fourth-order valence-corrected chi connectivity index (χ4v) is 9.84. The fourth-order valence-electron chi connectivity index (χ4n) is 8.73. The Balaban J connectivity index is 1.86. The van der Waals surface area contributed by atoms with Gasteiger partial charge in [0.25, 0.3) is 0 Å². The van der Waals surface area contributed by atoms with Gasteiger partial charge in [0.2, 0.25) is 0 Å². The van der Waals surface area contributed by atoms with Crippen molar-refractivity contribution in [3.05, 3.63) is 23.8 Å². The van der Waals surface area contributed by atoms with E-state index in [1.165, 1.54) is 6.08 Å². The Morgan fingerprint density at radius 1 is 1.22 bits per heavy atom. The Bertz CT molecular complexity index is 987. The molecule has 3 saturated carbocycles. The average molecular weight is 535 g/mol. The molecular weight excluding hydrogens is 487 g/mol. The summed E-state index contributed by atoms with van der Waals surface area (Å²) < 4.78 is 31.6. The SMILES string of the molecule is CCCCCO[C@]1(C(=O)CO)C(C)C[C@H]2[C@@H]3CCC4=CC(=O)C=C[C@]4(C)[C@@]3(F)C(O[Si](C)(C)C)C[C@@]21C. The molecule has 0 heterocycles. The lowest BCUT2D eigenvalue weighted by Gasteiger charge is -2.64. The number of carbonyl (C=O) groups is 2. The van der Waals surface area contributed by atoms with E-state index < -0.39 is 43.1 Å². The van der Waals surface area contributed by atoms with Crippen LogP contribution in [0.5, 0.6) is 0 Å². The van der Waals surface area contributed by atoms with E-state index >= 15 is 4.39 Å². The predicted molar refractivity (Wildman–Crippen MR) is 145 cm³/mol. The molecule has 0 bridgehead atoms. The van der Waals surface area contributed by atoms with E-state index in [0.717, 1.165) is 24.8 Å². The molecule has 2 unspecified atom stereocenters. The molecule has 4 aliphatic rings. The number of unbranched alkanes of at least 4 members (excludes halogenated alkanes) is 2. The number of Topliss-reactive ketones (excluding diaryl/α,β-unsaturated/α-hetero) is 1. The minimum Gasteiger partial charge on any atom is -0.411 e. The molecular formula is C30H47FO5Si. The summed E-state index contributed by atoms with van der Waals surface area (Å²) in [5, 5.41) is 10.2. The Morgan fingerprint density at radius 3 is 2.54 bits per heavy atom. The van der Waals surface area contributed by atoms with E-state index in [-0.39, 0.29) is 29.3 Å². The summed E-state index contributed by atoms with van der Waals surface area (Å²) in [5.74, 6) is -0.958. The molecule has 0 aromatic rings. The van der Waals surface area contributed by atoms with Gasteiger partial charge in [0, 0.05) is 23.4 Å². The van der Waals surface area contributed by atoms with Crippen LogP contribution in [0.15, 0.2) is 23.8 Å². The summed E-state index contributed by atoms with van der Waals surface area (Å²) >= 11 is 0. The van der Waals surface area contributed by atoms with Gasteiger partial charge in [-0.15, -0.1) is 0 Å². The number of halogens is 1. The van der Waals surface area contributed by atoms with Crippen molar-refractivity contribution in [1.82, 2.24) is 0 Å². The summed E-state index contributed by atoms with van der Waals surface area (Å²) in [5.41, 5.74) is -3.63. The van der Waals surface area contributed by atoms with Gasteiger partial charge >= 0.3 is 0 Å². The van der Waals surface area contributed by atoms with Crippen LogP contribution >= 0.6 is 0 Å². The number of fused-ring (bicyclic) bond motifs is 5. The van der Waals surface area contributed by atoms with Gasteiger partial charge in [-0.2, -0.15) is 0 Å². The number of aliphatic hydroxyl groups excluding tert-OH is 1. The van der Waals surface area contributed by atoms with E-state index in [0.29, 0.717) is 32.3 Å². The van der Waals surface area contributed by atoms with Crippen LogP contribution in [0.1, 0.15) is 72.6 Å². The topological polar surface area (TPSA) is 72.8 Å². The lowest BCUT2D eigenvalue weighted by molar-refractivity contribution is -0.225. The van der Waals surface area contributed by atoms with Crippen molar-refractivity contribution < 1.29 is 28.2 Å². The van der Waals surface area contributed by atoms with Crippen LogP contribution in [0.25, 0.3) is 0 Å².